The van der Waals surface area contributed by atoms with Crippen LogP contribution in [0.4, 0.5) is 10.5 Å². The number of para-hydroxylation sites is 1. The molecule has 0 spiro atoms. The molecule has 4 nitrogen and oxygen atoms in total. The highest BCUT2D eigenvalue weighted by atomic mass is 35.5. The zero-order valence-electron chi connectivity index (χ0n) is 11.0. The number of fused-ring (bicyclic) bond motifs is 1. The summed E-state index contributed by atoms with van der Waals surface area (Å²) in [5.74, 6) is 0.404. The summed E-state index contributed by atoms with van der Waals surface area (Å²) in [6, 6.07) is 7.99. The molecule has 1 aliphatic rings. The Morgan fingerprint density at radius 2 is 2.20 bits per heavy atom. The third-order valence-corrected chi connectivity index (χ3v) is 4.43. The highest BCUT2D eigenvalue weighted by Gasteiger charge is 2.28. The van der Waals surface area contributed by atoms with Gasteiger partial charge in [0.1, 0.15) is 5.01 Å². The quantitative estimate of drug-likeness (QED) is 0.814. The molecule has 0 atom stereocenters. The van der Waals surface area contributed by atoms with E-state index in [2.05, 4.69) is 11.1 Å². The minimum atomic E-state index is 0.00586. The molecule has 0 bridgehead atoms. The minimum Gasteiger partial charge on any atom is -0.323 e. The van der Waals surface area contributed by atoms with Gasteiger partial charge in [-0.15, -0.1) is 22.9 Å². The number of rotatable bonds is 3. The van der Waals surface area contributed by atoms with Crippen molar-refractivity contribution in [1.29, 1.82) is 0 Å². The van der Waals surface area contributed by atoms with E-state index in [0.29, 0.717) is 19.0 Å². The number of benzene rings is 1. The van der Waals surface area contributed by atoms with Gasteiger partial charge in [-0.1, -0.05) is 18.2 Å². The molecule has 0 unspecified atom stereocenters. The Morgan fingerprint density at radius 1 is 1.40 bits per heavy atom. The second-order valence-corrected chi connectivity index (χ2v) is 5.93. The number of aromatic nitrogens is 1. The smallest absolute Gasteiger partial charge is 0.323 e. The number of amides is 2. The first-order valence-corrected chi connectivity index (χ1v) is 7.70. The van der Waals surface area contributed by atoms with Gasteiger partial charge < -0.3 is 4.90 Å². The molecular formula is C14H14ClN3OS. The molecule has 2 amide bonds. The number of nitrogens with zero attached hydrogens (tertiary/aromatic N) is 3. The molecule has 3 rings (SSSR count). The van der Waals surface area contributed by atoms with Crippen molar-refractivity contribution in [2.45, 2.75) is 19.0 Å². The lowest BCUT2D eigenvalue weighted by Crippen LogP contribution is -2.44. The van der Waals surface area contributed by atoms with Gasteiger partial charge in [0, 0.05) is 19.0 Å². The van der Waals surface area contributed by atoms with E-state index in [4.69, 9.17) is 11.6 Å². The normalized spacial score (nSPS) is 14.6. The monoisotopic (exact) mass is 307 g/mol. The van der Waals surface area contributed by atoms with Crippen LogP contribution < -0.4 is 4.90 Å². The molecule has 2 heterocycles. The van der Waals surface area contributed by atoms with Crippen LogP contribution in [0.5, 0.6) is 0 Å². The largest absolute Gasteiger partial charge is 0.324 e. The second-order valence-electron chi connectivity index (χ2n) is 4.72. The summed E-state index contributed by atoms with van der Waals surface area (Å²) in [5.41, 5.74) is 2.99. The fourth-order valence-corrected chi connectivity index (χ4v) is 3.32. The van der Waals surface area contributed by atoms with Crippen LogP contribution >= 0.6 is 22.9 Å². The van der Waals surface area contributed by atoms with Crippen LogP contribution in [0.3, 0.4) is 0 Å². The van der Waals surface area contributed by atoms with Crippen LogP contribution in [0.2, 0.25) is 0 Å². The van der Waals surface area contributed by atoms with E-state index in [1.807, 2.05) is 30.6 Å². The van der Waals surface area contributed by atoms with Crippen LogP contribution in [0, 0.1) is 0 Å². The minimum absolute atomic E-state index is 0.00586. The maximum Gasteiger partial charge on any atom is 0.324 e. The number of hydrogen-bond donors (Lipinski definition) is 0. The van der Waals surface area contributed by atoms with Crippen LogP contribution in [0.1, 0.15) is 16.3 Å². The van der Waals surface area contributed by atoms with Crippen molar-refractivity contribution in [1.82, 2.24) is 9.88 Å². The van der Waals surface area contributed by atoms with Crippen LogP contribution in [0.15, 0.2) is 29.6 Å². The van der Waals surface area contributed by atoms with E-state index in [1.165, 1.54) is 11.3 Å². The molecular weight excluding hydrogens is 294 g/mol. The van der Waals surface area contributed by atoms with Gasteiger partial charge in [0.05, 0.1) is 23.8 Å². The van der Waals surface area contributed by atoms with E-state index < -0.39 is 0 Å². The van der Waals surface area contributed by atoms with Gasteiger partial charge in [-0.05, 0) is 11.6 Å². The SMILES string of the molecule is CN1Cc2ccccc2N(Cc2nc(CCl)cs2)C1=O. The Balaban J connectivity index is 1.92. The first-order valence-electron chi connectivity index (χ1n) is 6.29. The van der Waals surface area contributed by atoms with Crippen molar-refractivity contribution in [2.75, 3.05) is 11.9 Å². The standard InChI is InChI=1S/C14H14ClN3OS/c1-17-7-10-4-2-3-5-12(10)18(14(17)19)8-13-16-11(6-15)9-20-13/h2-5,9H,6-8H2,1H3. The van der Waals surface area contributed by atoms with Crippen molar-refractivity contribution in [3.05, 3.63) is 45.9 Å². The number of halogens is 1. The fourth-order valence-electron chi connectivity index (χ4n) is 2.31. The third kappa shape index (κ3) is 2.39. The number of anilines is 1. The van der Waals surface area contributed by atoms with E-state index in [1.54, 1.807) is 9.80 Å². The van der Waals surface area contributed by atoms with E-state index in [9.17, 15) is 4.79 Å². The molecule has 6 heteroatoms. The van der Waals surface area contributed by atoms with Crippen molar-refractivity contribution < 1.29 is 4.79 Å². The van der Waals surface area contributed by atoms with Crippen molar-refractivity contribution >= 4 is 34.7 Å². The molecule has 2 aromatic rings. The molecule has 0 saturated heterocycles. The summed E-state index contributed by atoms with van der Waals surface area (Å²) in [7, 11) is 1.82. The van der Waals surface area contributed by atoms with Gasteiger partial charge in [-0.25, -0.2) is 9.78 Å². The van der Waals surface area contributed by atoms with Gasteiger partial charge in [0.2, 0.25) is 0 Å². The molecule has 1 aliphatic heterocycles. The van der Waals surface area contributed by atoms with Gasteiger partial charge in [-0.2, -0.15) is 0 Å². The number of thiazole rings is 1. The molecule has 0 saturated carbocycles. The average Bonchev–Trinajstić information content (AvgIpc) is 2.91. The Labute approximate surface area is 126 Å². The highest BCUT2D eigenvalue weighted by molar-refractivity contribution is 7.09. The van der Waals surface area contributed by atoms with E-state index >= 15 is 0 Å². The summed E-state index contributed by atoms with van der Waals surface area (Å²) < 4.78 is 0. The van der Waals surface area contributed by atoms with Gasteiger partial charge in [0.15, 0.2) is 0 Å². The van der Waals surface area contributed by atoms with E-state index in [0.717, 1.165) is 22.0 Å². The zero-order valence-corrected chi connectivity index (χ0v) is 12.6. The molecule has 0 radical (unpaired) electrons. The van der Waals surface area contributed by atoms with Crippen molar-refractivity contribution in [2.24, 2.45) is 0 Å². The molecule has 0 aliphatic carbocycles. The number of carbonyl (C=O) groups excluding carboxylic acids is 1. The molecule has 104 valence electrons. The lowest BCUT2D eigenvalue weighted by Gasteiger charge is -2.34. The maximum atomic E-state index is 12.4. The predicted octanol–water partition coefficient (Wildman–Crippen LogP) is 3.45. The predicted molar refractivity (Wildman–Crippen MR) is 81.2 cm³/mol. The van der Waals surface area contributed by atoms with Crippen LogP contribution in [-0.4, -0.2) is 23.0 Å². The second kappa shape index (κ2) is 5.42. The highest BCUT2D eigenvalue weighted by Crippen LogP contribution is 2.29. The van der Waals surface area contributed by atoms with Gasteiger partial charge in [-0.3, -0.25) is 4.90 Å². The molecule has 0 N–H and O–H groups in total. The van der Waals surface area contributed by atoms with Crippen molar-refractivity contribution in [3.63, 3.8) is 0 Å². The lowest BCUT2D eigenvalue weighted by atomic mass is 10.1. The Morgan fingerprint density at radius 3 is 2.95 bits per heavy atom. The summed E-state index contributed by atoms with van der Waals surface area (Å²) >= 11 is 7.31. The maximum absolute atomic E-state index is 12.4. The number of hydrogen-bond acceptors (Lipinski definition) is 3. The first-order chi connectivity index (χ1) is 9.69. The molecule has 20 heavy (non-hydrogen) atoms. The summed E-state index contributed by atoms with van der Waals surface area (Å²) in [4.78, 5) is 20.3. The van der Waals surface area contributed by atoms with Gasteiger partial charge >= 0.3 is 6.03 Å². The Hall–Kier alpha value is -1.59. The zero-order chi connectivity index (χ0) is 14.1. The summed E-state index contributed by atoms with van der Waals surface area (Å²) in [5, 5.41) is 2.84. The Bertz CT molecular complexity index is 643. The average molecular weight is 308 g/mol. The van der Waals surface area contributed by atoms with Crippen LogP contribution in [-0.2, 0) is 19.0 Å². The van der Waals surface area contributed by atoms with Crippen molar-refractivity contribution in [3.8, 4) is 0 Å². The molecule has 1 aromatic heterocycles. The first kappa shape index (κ1) is 13.4. The summed E-state index contributed by atoms with van der Waals surface area (Å²) in [6.45, 7) is 1.14. The Kier molecular flexibility index (Phi) is 3.63. The third-order valence-electron chi connectivity index (χ3n) is 3.28. The number of alkyl halides is 1. The molecule has 0 fully saturated rings. The molecule has 1 aromatic carbocycles. The summed E-state index contributed by atoms with van der Waals surface area (Å²) in [6.07, 6.45) is 0. The fraction of sp³-hybridized carbons (Fsp3) is 0.286. The van der Waals surface area contributed by atoms with Gasteiger partial charge in [0.25, 0.3) is 0 Å². The number of carbonyl (C=O) groups is 1. The lowest BCUT2D eigenvalue weighted by molar-refractivity contribution is 0.210. The van der Waals surface area contributed by atoms with Crippen LogP contribution in [0.25, 0.3) is 0 Å². The topological polar surface area (TPSA) is 36.4 Å². The van der Waals surface area contributed by atoms with E-state index in [-0.39, 0.29) is 6.03 Å². The number of urea groups is 1.